The molecule has 0 bridgehead atoms. The number of hydrazine groups is 6. The third kappa shape index (κ3) is 18.0. The summed E-state index contributed by atoms with van der Waals surface area (Å²) in [5.41, 5.74) is 24.9. The van der Waals surface area contributed by atoms with E-state index in [4.69, 9.17) is 0 Å². The second-order valence-corrected chi connectivity index (χ2v) is 14.8. The molecule has 0 unspecified atom stereocenters. The van der Waals surface area contributed by atoms with Crippen LogP contribution in [0.4, 0.5) is 34.1 Å². The third-order valence-electron chi connectivity index (χ3n) is 6.72. The maximum Gasteiger partial charge on any atom is 3.00 e. The Labute approximate surface area is 368 Å². The van der Waals surface area contributed by atoms with E-state index in [-0.39, 0.29) is 20.1 Å². The fourth-order valence-electron chi connectivity index (χ4n) is 4.25. The number of hydrogen-bond acceptors (Lipinski definition) is 6. The van der Waals surface area contributed by atoms with E-state index in [0.29, 0.717) is 13.0 Å². The standard InChI is InChI=1S/3C13H13N3S2.Ir/c3*17-13(18)16(14-11-7-3-1-4-8-11)15-12-9-5-2-6-10-12;/h3*1-10,14-15H,(H,17,18);/q;;;+3/p+6. The number of nitrogens with zero attached hydrogens (tertiary/aromatic N) is 3. The Hall–Kier alpha value is -4.03. The van der Waals surface area contributed by atoms with E-state index in [2.05, 4.69) is 107 Å². The Balaban J connectivity index is 0.000000220. The van der Waals surface area contributed by atoms with Crippen LogP contribution in [0.15, 0.2) is 182 Å². The van der Waals surface area contributed by atoms with Gasteiger partial charge in [-0.2, -0.15) is 0 Å². The Morgan fingerprint density at radius 2 is 0.418 bits per heavy atom. The number of para-hydroxylation sites is 6. The first-order valence-electron chi connectivity index (χ1n) is 16.4. The van der Waals surface area contributed by atoms with Gasteiger partial charge in [0.25, 0.3) is 0 Å². The topological polar surface area (TPSA) is 81.9 Å². The van der Waals surface area contributed by atoms with E-state index in [0.717, 1.165) is 34.1 Å². The summed E-state index contributed by atoms with van der Waals surface area (Å²) >= 11 is 23.0. The van der Waals surface area contributed by atoms with Gasteiger partial charge in [0.15, 0.2) is 0 Å². The largest absolute Gasteiger partial charge is 3.00 e. The van der Waals surface area contributed by atoms with Crippen LogP contribution in [0.5, 0.6) is 0 Å². The molecule has 0 saturated carbocycles. The summed E-state index contributed by atoms with van der Waals surface area (Å²) in [4.78, 5) is 0. The van der Waals surface area contributed by atoms with E-state index < -0.39 is 0 Å². The van der Waals surface area contributed by atoms with E-state index >= 15 is 0 Å². The average Bonchev–Trinajstić information content (AvgIpc) is 3.20. The molecule has 6 aromatic rings. The average molecular weight is 1020 g/mol. The van der Waals surface area contributed by atoms with Crippen molar-refractivity contribution >= 4 is 122 Å². The van der Waals surface area contributed by atoms with Gasteiger partial charge >= 0.3 is 33.1 Å². The third-order valence-corrected chi connectivity index (χ3v) is 7.99. The first kappa shape index (κ1) is 45.4. The molecule has 0 aliphatic rings. The number of hydrogen-bond donors (Lipinski definition) is 6. The number of benzene rings is 6. The first-order chi connectivity index (χ1) is 26.3. The minimum Gasteiger partial charge on any atom is -0.289 e. The molecule has 0 amide bonds. The summed E-state index contributed by atoms with van der Waals surface area (Å²) < 4.78 is 1.88. The quantitative estimate of drug-likeness (QED) is 0.0432. The molecule has 0 atom stereocenters. The molecule has 0 spiro atoms. The van der Waals surface area contributed by atoms with Crippen molar-refractivity contribution in [3.05, 3.63) is 182 Å². The van der Waals surface area contributed by atoms with Crippen molar-refractivity contribution in [2.75, 3.05) is 32.6 Å². The zero-order valence-corrected chi connectivity index (χ0v) is 37.4. The molecule has 0 aliphatic heterocycles. The van der Waals surface area contributed by atoms with Crippen molar-refractivity contribution in [1.82, 2.24) is 15.4 Å². The number of anilines is 6. The van der Waals surface area contributed by atoms with Crippen LogP contribution in [0.3, 0.4) is 0 Å². The van der Waals surface area contributed by atoms with Gasteiger partial charge in [-0.3, -0.25) is 32.6 Å². The molecule has 0 aromatic heterocycles. The van der Waals surface area contributed by atoms with Gasteiger partial charge in [-0.25, -0.2) is 0 Å². The minimum atomic E-state index is 0. The van der Waals surface area contributed by atoms with Crippen molar-refractivity contribution in [2.24, 2.45) is 0 Å². The summed E-state index contributed by atoms with van der Waals surface area (Å²) in [7, 11) is 0. The molecular formula is C39H45IrN9S6+9. The molecule has 282 valence electrons. The van der Waals surface area contributed by atoms with Gasteiger partial charge in [-0.15, -0.1) is 0 Å². The van der Waals surface area contributed by atoms with E-state index in [1.807, 2.05) is 182 Å². The minimum absolute atomic E-state index is 0. The monoisotopic (exact) mass is 1020 g/mol. The summed E-state index contributed by atoms with van der Waals surface area (Å²) in [6.07, 6.45) is 0. The maximum absolute atomic E-state index is 4.28. The van der Waals surface area contributed by atoms with Crippen LogP contribution in [0.2, 0.25) is 0 Å². The van der Waals surface area contributed by atoms with Gasteiger partial charge in [0.1, 0.15) is 0 Å². The number of rotatable bonds is 12. The van der Waals surface area contributed by atoms with E-state index in [1.54, 1.807) is 15.4 Å². The molecule has 6 rings (SSSR count). The Kier molecular flexibility index (Phi) is 21.4. The summed E-state index contributed by atoms with van der Waals surface area (Å²) in [5.74, 6) is 0. The Bertz CT molecular complexity index is 1620. The molecule has 55 heavy (non-hydrogen) atoms. The fraction of sp³-hybridized carbons (Fsp3) is 0. The molecule has 6 N–H and O–H groups in total. The fourth-order valence-corrected chi connectivity index (χ4v) is 4.89. The van der Waals surface area contributed by atoms with Crippen molar-refractivity contribution in [2.45, 2.75) is 0 Å². The normalized spacial score (nSPS) is 9.93. The van der Waals surface area contributed by atoms with Crippen LogP contribution >= 0.6 is 0 Å². The predicted octanol–water partition coefficient (Wildman–Crippen LogP) is 5.16. The molecule has 0 aliphatic carbocycles. The SMILES string of the molecule is [Ir+3].[SH+]=C([SH2+])N(Nc1ccccc1)Nc1ccccc1.[SH+]=C([SH2+])N(Nc1ccccc1)Nc1ccccc1.[SH+]=C([SH2+])N(Nc1ccccc1)Nc1ccccc1. The zero-order valence-electron chi connectivity index (χ0n) is 29.3. The summed E-state index contributed by atoms with van der Waals surface area (Å²) in [6, 6.07) is 59.1. The zero-order chi connectivity index (χ0) is 38.4. The summed E-state index contributed by atoms with van der Waals surface area (Å²) in [6.45, 7) is 0. The van der Waals surface area contributed by atoms with Crippen LogP contribution in [-0.4, -0.2) is 28.3 Å². The van der Waals surface area contributed by atoms with Crippen molar-refractivity contribution < 1.29 is 20.1 Å². The number of nitrogens with one attached hydrogen (secondary N) is 6. The van der Waals surface area contributed by atoms with Gasteiger partial charge < -0.3 is 0 Å². The molecule has 16 heteroatoms. The van der Waals surface area contributed by atoms with Gasteiger partial charge in [0, 0.05) is 0 Å². The van der Waals surface area contributed by atoms with Crippen LogP contribution in [0, 0.1) is 0 Å². The van der Waals surface area contributed by atoms with Crippen LogP contribution in [0.1, 0.15) is 0 Å². The van der Waals surface area contributed by atoms with Gasteiger partial charge in [0.2, 0.25) is 36.7 Å². The molecule has 0 saturated heterocycles. The van der Waals surface area contributed by atoms with Crippen molar-refractivity contribution in [3.8, 4) is 0 Å². The second kappa shape index (κ2) is 25.9. The number of thiol groups is 3. The van der Waals surface area contributed by atoms with Crippen LogP contribution < -0.4 is 32.6 Å². The maximum atomic E-state index is 4.28. The molecule has 9 nitrogen and oxygen atoms in total. The second-order valence-electron chi connectivity index (χ2n) is 10.8. The van der Waals surface area contributed by atoms with E-state index in [9.17, 15) is 0 Å². The smallest absolute Gasteiger partial charge is 0.289 e. The molecule has 0 heterocycles. The van der Waals surface area contributed by atoms with Gasteiger partial charge in [-0.1, -0.05) is 109 Å². The van der Waals surface area contributed by atoms with Crippen LogP contribution in [-0.2, 0) is 94.6 Å². The Morgan fingerprint density at radius 1 is 0.291 bits per heavy atom. The molecule has 0 fully saturated rings. The van der Waals surface area contributed by atoms with Gasteiger partial charge in [-0.05, 0) is 88.2 Å². The molecule has 0 radical (unpaired) electrons. The molecule has 6 aromatic carbocycles. The predicted molar refractivity (Wildman–Crippen MR) is 258 cm³/mol. The molecular weight excluding hydrogens is 979 g/mol. The first-order valence-corrected chi connectivity index (χ1v) is 19.2. The summed E-state index contributed by atoms with van der Waals surface area (Å²) in [5, 5.41) is 5.06. The van der Waals surface area contributed by atoms with Crippen molar-refractivity contribution in [1.29, 1.82) is 0 Å². The van der Waals surface area contributed by atoms with Crippen LogP contribution in [0.25, 0.3) is 0 Å². The van der Waals surface area contributed by atoms with E-state index in [1.165, 1.54) is 0 Å². The Morgan fingerprint density at radius 3 is 0.527 bits per heavy atom. The van der Waals surface area contributed by atoms with Gasteiger partial charge in [0.05, 0.1) is 72.0 Å². The van der Waals surface area contributed by atoms with Crippen molar-refractivity contribution in [3.63, 3.8) is 0 Å².